The standard InChI is InChI=1S/C16H16FNO/c17-14-8-6-13(7-9-14)16(19)11-18-10-15(18)12-4-2-1-3-5-12/h1-9,15-16,19H,10-11H2. The van der Waals surface area contributed by atoms with E-state index < -0.39 is 6.10 Å². The first-order valence-corrected chi connectivity index (χ1v) is 6.46. The molecule has 0 aliphatic carbocycles. The minimum Gasteiger partial charge on any atom is -0.387 e. The Morgan fingerprint density at radius 3 is 2.47 bits per heavy atom. The minimum absolute atomic E-state index is 0.273. The van der Waals surface area contributed by atoms with E-state index in [0.717, 1.165) is 12.1 Å². The van der Waals surface area contributed by atoms with Crippen LogP contribution in [0, 0.1) is 5.82 Å². The second kappa shape index (κ2) is 5.11. The summed E-state index contributed by atoms with van der Waals surface area (Å²) in [5, 5.41) is 10.1. The summed E-state index contributed by atoms with van der Waals surface area (Å²) in [6.45, 7) is 1.56. The predicted molar refractivity (Wildman–Crippen MR) is 72.1 cm³/mol. The number of hydrogen-bond donors (Lipinski definition) is 1. The average molecular weight is 257 g/mol. The van der Waals surface area contributed by atoms with Crippen LogP contribution in [0.3, 0.4) is 0 Å². The summed E-state index contributed by atoms with van der Waals surface area (Å²) < 4.78 is 12.8. The molecule has 2 aromatic carbocycles. The van der Waals surface area contributed by atoms with E-state index in [9.17, 15) is 9.50 Å². The van der Waals surface area contributed by atoms with Gasteiger partial charge in [0.15, 0.2) is 0 Å². The van der Waals surface area contributed by atoms with E-state index in [4.69, 9.17) is 0 Å². The third kappa shape index (κ3) is 2.83. The molecule has 0 amide bonds. The smallest absolute Gasteiger partial charge is 0.123 e. The summed E-state index contributed by atoms with van der Waals surface area (Å²) in [4.78, 5) is 2.21. The van der Waals surface area contributed by atoms with Gasteiger partial charge in [0.25, 0.3) is 0 Å². The van der Waals surface area contributed by atoms with Crippen molar-refractivity contribution in [2.75, 3.05) is 13.1 Å². The third-order valence-electron chi connectivity index (χ3n) is 3.56. The number of rotatable bonds is 4. The van der Waals surface area contributed by atoms with E-state index in [1.807, 2.05) is 18.2 Å². The number of benzene rings is 2. The van der Waals surface area contributed by atoms with Crippen molar-refractivity contribution >= 4 is 0 Å². The molecule has 3 atom stereocenters. The zero-order chi connectivity index (χ0) is 13.2. The molecule has 3 unspecified atom stereocenters. The van der Waals surface area contributed by atoms with Crippen molar-refractivity contribution in [3.63, 3.8) is 0 Å². The number of β-amino-alcohol motifs (C(OH)–C–C–N with tert-alkyl or cyclic N) is 1. The van der Waals surface area contributed by atoms with Crippen LogP contribution in [0.25, 0.3) is 0 Å². The molecule has 3 heteroatoms. The molecule has 0 spiro atoms. The molecule has 0 bridgehead atoms. The van der Waals surface area contributed by atoms with E-state index in [0.29, 0.717) is 12.6 Å². The van der Waals surface area contributed by atoms with Crippen LogP contribution in [-0.4, -0.2) is 23.1 Å². The van der Waals surface area contributed by atoms with Crippen molar-refractivity contribution in [3.05, 3.63) is 71.5 Å². The van der Waals surface area contributed by atoms with Crippen molar-refractivity contribution in [3.8, 4) is 0 Å². The first kappa shape index (κ1) is 12.3. The molecule has 1 aliphatic rings. The number of nitrogens with zero attached hydrogens (tertiary/aromatic N) is 1. The quantitative estimate of drug-likeness (QED) is 0.851. The molecule has 1 saturated heterocycles. The molecular formula is C16H16FNO. The van der Waals surface area contributed by atoms with Crippen LogP contribution in [0.4, 0.5) is 4.39 Å². The third-order valence-corrected chi connectivity index (χ3v) is 3.56. The van der Waals surface area contributed by atoms with E-state index in [1.54, 1.807) is 12.1 Å². The highest BCUT2D eigenvalue weighted by Crippen LogP contribution is 2.36. The first-order chi connectivity index (χ1) is 9.24. The van der Waals surface area contributed by atoms with Gasteiger partial charge < -0.3 is 5.11 Å². The number of aliphatic hydroxyl groups excluding tert-OH is 1. The Labute approximate surface area is 112 Å². The molecular weight excluding hydrogens is 241 g/mol. The lowest BCUT2D eigenvalue weighted by molar-refractivity contribution is 0.153. The van der Waals surface area contributed by atoms with Crippen LogP contribution in [0.1, 0.15) is 23.3 Å². The predicted octanol–water partition coefficient (Wildman–Crippen LogP) is 2.92. The number of hydrogen-bond acceptors (Lipinski definition) is 2. The van der Waals surface area contributed by atoms with Gasteiger partial charge in [0.1, 0.15) is 5.82 Å². The molecule has 2 aromatic rings. The Hall–Kier alpha value is -1.71. The minimum atomic E-state index is -0.561. The highest BCUT2D eigenvalue weighted by atomic mass is 19.1. The fourth-order valence-electron chi connectivity index (χ4n) is 2.38. The lowest BCUT2D eigenvalue weighted by Crippen LogP contribution is -2.11. The van der Waals surface area contributed by atoms with Crippen molar-refractivity contribution < 1.29 is 9.50 Å². The van der Waals surface area contributed by atoms with E-state index in [-0.39, 0.29) is 5.82 Å². The van der Waals surface area contributed by atoms with Crippen LogP contribution in [0.5, 0.6) is 0 Å². The topological polar surface area (TPSA) is 23.2 Å². The molecule has 19 heavy (non-hydrogen) atoms. The lowest BCUT2D eigenvalue weighted by Gasteiger charge is -2.12. The van der Waals surface area contributed by atoms with Crippen LogP contribution >= 0.6 is 0 Å². The van der Waals surface area contributed by atoms with Crippen molar-refractivity contribution in [2.24, 2.45) is 0 Å². The van der Waals surface area contributed by atoms with Gasteiger partial charge in [-0.1, -0.05) is 42.5 Å². The first-order valence-electron chi connectivity index (χ1n) is 6.46. The lowest BCUT2D eigenvalue weighted by atomic mass is 10.1. The second-order valence-electron chi connectivity index (χ2n) is 4.95. The van der Waals surface area contributed by atoms with Gasteiger partial charge >= 0.3 is 0 Å². The fourth-order valence-corrected chi connectivity index (χ4v) is 2.38. The van der Waals surface area contributed by atoms with Crippen molar-refractivity contribution in [1.82, 2.24) is 4.90 Å². The number of halogens is 1. The van der Waals surface area contributed by atoms with Crippen molar-refractivity contribution in [2.45, 2.75) is 12.1 Å². The maximum absolute atomic E-state index is 12.8. The Bertz CT molecular complexity index is 540. The van der Waals surface area contributed by atoms with Gasteiger partial charge in [-0.3, -0.25) is 4.90 Å². The fraction of sp³-hybridized carbons (Fsp3) is 0.250. The molecule has 0 saturated carbocycles. The van der Waals surface area contributed by atoms with Gasteiger partial charge in [0.2, 0.25) is 0 Å². The summed E-state index contributed by atoms with van der Waals surface area (Å²) in [5.41, 5.74) is 2.05. The Morgan fingerprint density at radius 1 is 1.11 bits per heavy atom. The SMILES string of the molecule is OC(CN1CC1c1ccccc1)c1ccc(F)cc1. The molecule has 2 nitrogen and oxygen atoms in total. The molecule has 1 N–H and O–H groups in total. The second-order valence-corrected chi connectivity index (χ2v) is 4.95. The molecule has 0 radical (unpaired) electrons. The van der Waals surface area contributed by atoms with Crippen LogP contribution < -0.4 is 0 Å². The van der Waals surface area contributed by atoms with Gasteiger partial charge in [-0.25, -0.2) is 4.39 Å². The highest BCUT2D eigenvalue weighted by Gasteiger charge is 2.36. The van der Waals surface area contributed by atoms with E-state index >= 15 is 0 Å². The summed E-state index contributed by atoms with van der Waals surface area (Å²) in [6.07, 6.45) is -0.561. The molecule has 1 aliphatic heterocycles. The molecule has 1 fully saturated rings. The highest BCUT2D eigenvalue weighted by molar-refractivity contribution is 5.25. The van der Waals surface area contributed by atoms with Gasteiger partial charge in [0, 0.05) is 19.1 Å². The van der Waals surface area contributed by atoms with Gasteiger partial charge in [0.05, 0.1) is 6.10 Å². The Morgan fingerprint density at radius 2 is 1.79 bits per heavy atom. The normalized spacial score (nSPS) is 23.1. The van der Waals surface area contributed by atoms with Crippen LogP contribution in [0.2, 0.25) is 0 Å². The average Bonchev–Trinajstić information content (AvgIpc) is 3.20. The van der Waals surface area contributed by atoms with Crippen molar-refractivity contribution in [1.29, 1.82) is 0 Å². The zero-order valence-electron chi connectivity index (χ0n) is 10.5. The summed E-state index contributed by atoms with van der Waals surface area (Å²) in [5.74, 6) is -0.273. The molecule has 0 aromatic heterocycles. The largest absolute Gasteiger partial charge is 0.387 e. The van der Waals surface area contributed by atoms with Crippen LogP contribution in [0.15, 0.2) is 54.6 Å². The van der Waals surface area contributed by atoms with Crippen LogP contribution in [-0.2, 0) is 0 Å². The maximum Gasteiger partial charge on any atom is 0.123 e. The Balaban J connectivity index is 1.60. The molecule has 3 rings (SSSR count). The summed E-state index contributed by atoms with van der Waals surface area (Å²) in [7, 11) is 0. The maximum atomic E-state index is 12.8. The van der Waals surface area contributed by atoms with Gasteiger partial charge in [-0.05, 0) is 23.3 Å². The molecule has 98 valence electrons. The monoisotopic (exact) mass is 257 g/mol. The molecule has 1 heterocycles. The van der Waals surface area contributed by atoms with Gasteiger partial charge in [-0.2, -0.15) is 0 Å². The zero-order valence-corrected chi connectivity index (χ0v) is 10.5. The summed E-state index contributed by atoms with van der Waals surface area (Å²) >= 11 is 0. The Kier molecular flexibility index (Phi) is 3.32. The van der Waals surface area contributed by atoms with E-state index in [1.165, 1.54) is 17.7 Å². The van der Waals surface area contributed by atoms with E-state index in [2.05, 4.69) is 17.0 Å². The number of aliphatic hydroxyl groups is 1. The summed E-state index contributed by atoms with van der Waals surface area (Å²) in [6, 6.07) is 16.7. The van der Waals surface area contributed by atoms with Gasteiger partial charge in [-0.15, -0.1) is 0 Å².